The lowest BCUT2D eigenvalue weighted by atomic mass is 10.0. The van der Waals surface area contributed by atoms with Gasteiger partial charge in [0.15, 0.2) is 0 Å². The summed E-state index contributed by atoms with van der Waals surface area (Å²) in [6.45, 7) is 0.695. The van der Waals surface area contributed by atoms with E-state index < -0.39 is 5.97 Å². The van der Waals surface area contributed by atoms with Gasteiger partial charge in [0.05, 0.1) is 12.3 Å². The van der Waals surface area contributed by atoms with Gasteiger partial charge in [0.25, 0.3) is 0 Å². The molecule has 0 saturated carbocycles. The number of para-hydroxylation sites is 1. The molecule has 2 aromatic rings. The van der Waals surface area contributed by atoms with Gasteiger partial charge in [0.1, 0.15) is 11.4 Å². The van der Waals surface area contributed by atoms with Crippen LogP contribution in [0.2, 0.25) is 0 Å². The molecule has 0 unspecified atom stereocenters. The Kier molecular flexibility index (Phi) is 2.51. The molecule has 3 rings (SSSR count). The number of H-pyrrole nitrogens is 1. The van der Waals surface area contributed by atoms with Crippen molar-refractivity contribution in [3.8, 4) is 17.0 Å². The number of benzene rings is 1. The van der Waals surface area contributed by atoms with Crippen LogP contribution in [-0.2, 0) is 6.42 Å². The van der Waals surface area contributed by atoms with Crippen LogP contribution in [0.5, 0.6) is 5.75 Å². The molecule has 18 heavy (non-hydrogen) atoms. The second-order valence-electron chi connectivity index (χ2n) is 4.22. The predicted molar refractivity (Wildman–Crippen MR) is 64.8 cm³/mol. The molecular formula is C13H12N2O3. The van der Waals surface area contributed by atoms with Crippen molar-refractivity contribution in [3.63, 3.8) is 0 Å². The Morgan fingerprint density at radius 1 is 1.44 bits per heavy atom. The zero-order valence-corrected chi connectivity index (χ0v) is 9.64. The zero-order chi connectivity index (χ0) is 12.5. The number of carboxylic acid groups (broad SMARTS) is 1. The van der Waals surface area contributed by atoms with Crippen molar-refractivity contribution in [1.29, 1.82) is 0 Å². The van der Waals surface area contributed by atoms with Crippen LogP contribution in [0.25, 0.3) is 11.3 Å². The van der Waals surface area contributed by atoms with E-state index in [1.165, 1.54) is 6.07 Å². The van der Waals surface area contributed by atoms with E-state index in [0.717, 1.165) is 29.7 Å². The Labute approximate surface area is 103 Å². The molecule has 0 fully saturated rings. The van der Waals surface area contributed by atoms with Crippen molar-refractivity contribution in [3.05, 3.63) is 35.5 Å². The number of ether oxygens (including phenoxy) is 1. The molecule has 0 radical (unpaired) electrons. The smallest absolute Gasteiger partial charge is 0.353 e. The number of fused-ring (bicyclic) bond motifs is 1. The minimum atomic E-state index is -1.01. The zero-order valence-electron chi connectivity index (χ0n) is 9.64. The van der Waals surface area contributed by atoms with Gasteiger partial charge < -0.3 is 9.84 Å². The van der Waals surface area contributed by atoms with Gasteiger partial charge in [-0.3, -0.25) is 5.10 Å². The summed E-state index contributed by atoms with van der Waals surface area (Å²) in [5.41, 5.74) is 2.68. The molecule has 1 aliphatic rings. The maximum Gasteiger partial charge on any atom is 0.353 e. The first-order valence-corrected chi connectivity index (χ1v) is 5.79. The lowest BCUT2D eigenvalue weighted by Gasteiger charge is -2.19. The number of aryl methyl sites for hydroxylation is 1. The second kappa shape index (κ2) is 4.18. The third kappa shape index (κ3) is 1.73. The van der Waals surface area contributed by atoms with Crippen LogP contribution in [0.15, 0.2) is 24.3 Å². The number of rotatable bonds is 2. The molecule has 0 atom stereocenters. The standard InChI is InChI=1S/C13H12N2O3/c16-13(17)11-7-10(14-15-11)9-5-1-3-8-4-2-6-18-12(8)9/h1,3,5,7H,2,4,6H2,(H,14,15)(H,16,17). The van der Waals surface area contributed by atoms with E-state index >= 15 is 0 Å². The number of carboxylic acids is 1. The van der Waals surface area contributed by atoms with Crippen LogP contribution in [0.4, 0.5) is 0 Å². The number of hydrogen-bond acceptors (Lipinski definition) is 3. The van der Waals surface area contributed by atoms with Gasteiger partial charge in [-0.15, -0.1) is 0 Å². The first kappa shape index (κ1) is 10.8. The summed E-state index contributed by atoms with van der Waals surface area (Å²) in [4.78, 5) is 10.8. The molecule has 2 N–H and O–H groups in total. The van der Waals surface area contributed by atoms with Crippen LogP contribution in [0.1, 0.15) is 22.5 Å². The van der Waals surface area contributed by atoms with E-state index in [1.54, 1.807) is 0 Å². The molecule has 5 nitrogen and oxygen atoms in total. The monoisotopic (exact) mass is 244 g/mol. The van der Waals surface area contributed by atoms with Gasteiger partial charge in [0.2, 0.25) is 0 Å². The summed E-state index contributed by atoms with van der Waals surface area (Å²) in [5.74, 6) is -0.188. The fraction of sp³-hybridized carbons (Fsp3) is 0.231. The van der Waals surface area contributed by atoms with E-state index in [4.69, 9.17) is 9.84 Å². The normalized spacial score (nSPS) is 13.8. The number of aromatic amines is 1. The molecule has 0 aliphatic carbocycles. The number of nitrogens with zero attached hydrogens (tertiary/aromatic N) is 1. The SMILES string of the molecule is O=C(O)c1cc(-c2cccc3c2OCCC3)n[nH]1. The van der Waals surface area contributed by atoms with Crippen LogP contribution >= 0.6 is 0 Å². The highest BCUT2D eigenvalue weighted by atomic mass is 16.5. The molecule has 1 aromatic carbocycles. The summed E-state index contributed by atoms with van der Waals surface area (Å²) >= 11 is 0. The third-order valence-electron chi connectivity index (χ3n) is 3.02. The number of aromatic nitrogens is 2. The Morgan fingerprint density at radius 2 is 2.33 bits per heavy atom. The van der Waals surface area contributed by atoms with E-state index in [9.17, 15) is 4.79 Å². The summed E-state index contributed by atoms with van der Waals surface area (Å²) in [6.07, 6.45) is 2.00. The molecule has 2 heterocycles. The Morgan fingerprint density at radius 3 is 3.11 bits per heavy atom. The Bertz CT molecular complexity index is 604. The average Bonchev–Trinajstić information content (AvgIpc) is 2.87. The van der Waals surface area contributed by atoms with Crippen molar-refractivity contribution >= 4 is 5.97 Å². The van der Waals surface area contributed by atoms with Gasteiger partial charge >= 0.3 is 5.97 Å². The van der Waals surface area contributed by atoms with Gasteiger partial charge in [-0.1, -0.05) is 12.1 Å². The number of nitrogens with one attached hydrogen (secondary N) is 1. The van der Waals surface area contributed by atoms with E-state index in [2.05, 4.69) is 10.2 Å². The molecule has 0 spiro atoms. The van der Waals surface area contributed by atoms with E-state index in [0.29, 0.717) is 12.3 Å². The lowest BCUT2D eigenvalue weighted by molar-refractivity contribution is 0.0690. The molecule has 1 aliphatic heterocycles. The first-order valence-electron chi connectivity index (χ1n) is 5.79. The average molecular weight is 244 g/mol. The minimum Gasteiger partial charge on any atom is -0.493 e. The fourth-order valence-corrected chi connectivity index (χ4v) is 2.16. The summed E-state index contributed by atoms with van der Waals surface area (Å²) in [6, 6.07) is 7.39. The Hall–Kier alpha value is -2.30. The van der Waals surface area contributed by atoms with Crippen molar-refractivity contribution in [1.82, 2.24) is 10.2 Å². The van der Waals surface area contributed by atoms with Crippen molar-refractivity contribution in [2.24, 2.45) is 0 Å². The van der Waals surface area contributed by atoms with Crippen molar-refractivity contribution in [2.45, 2.75) is 12.8 Å². The van der Waals surface area contributed by atoms with Crippen molar-refractivity contribution < 1.29 is 14.6 Å². The van der Waals surface area contributed by atoms with Crippen molar-refractivity contribution in [2.75, 3.05) is 6.61 Å². The van der Waals surface area contributed by atoms with E-state index in [1.807, 2.05) is 18.2 Å². The van der Waals surface area contributed by atoms with Crippen LogP contribution in [-0.4, -0.2) is 27.9 Å². The number of carbonyl (C=O) groups is 1. The summed E-state index contributed by atoms with van der Waals surface area (Å²) in [7, 11) is 0. The largest absolute Gasteiger partial charge is 0.493 e. The summed E-state index contributed by atoms with van der Waals surface area (Å²) in [5, 5.41) is 15.4. The molecule has 1 aromatic heterocycles. The topological polar surface area (TPSA) is 75.2 Å². The molecular weight excluding hydrogens is 232 g/mol. The molecule has 0 saturated heterocycles. The minimum absolute atomic E-state index is 0.0819. The molecule has 0 bridgehead atoms. The number of aromatic carboxylic acids is 1. The fourth-order valence-electron chi connectivity index (χ4n) is 2.16. The van der Waals surface area contributed by atoms with E-state index in [-0.39, 0.29) is 5.69 Å². The molecule has 5 heteroatoms. The molecule has 0 amide bonds. The van der Waals surface area contributed by atoms with Crippen LogP contribution < -0.4 is 4.74 Å². The highest BCUT2D eigenvalue weighted by molar-refractivity contribution is 5.87. The maximum absolute atomic E-state index is 10.8. The quantitative estimate of drug-likeness (QED) is 0.848. The highest BCUT2D eigenvalue weighted by Gasteiger charge is 2.18. The highest BCUT2D eigenvalue weighted by Crippen LogP contribution is 2.35. The van der Waals surface area contributed by atoms with Gasteiger partial charge in [0, 0.05) is 5.56 Å². The Balaban J connectivity index is 2.08. The lowest BCUT2D eigenvalue weighted by Crippen LogP contribution is -2.09. The summed E-state index contributed by atoms with van der Waals surface area (Å²) < 4.78 is 5.68. The van der Waals surface area contributed by atoms with Crippen LogP contribution in [0, 0.1) is 0 Å². The predicted octanol–water partition coefficient (Wildman–Crippen LogP) is 2.10. The third-order valence-corrected chi connectivity index (χ3v) is 3.02. The van der Waals surface area contributed by atoms with Gasteiger partial charge in [-0.25, -0.2) is 4.79 Å². The van der Waals surface area contributed by atoms with Crippen LogP contribution in [0.3, 0.4) is 0 Å². The number of hydrogen-bond donors (Lipinski definition) is 2. The van der Waals surface area contributed by atoms with Gasteiger partial charge in [-0.2, -0.15) is 5.10 Å². The molecule has 92 valence electrons. The maximum atomic E-state index is 10.8. The van der Waals surface area contributed by atoms with Gasteiger partial charge in [-0.05, 0) is 30.5 Å². The first-order chi connectivity index (χ1) is 8.75. The second-order valence-corrected chi connectivity index (χ2v) is 4.22.